The van der Waals surface area contributed by atoms with Gasteiger partial charge in [-0.25, -0.2) is 9.78 Å². The number of nitrogens with one attached hydrogen (secondary N) is 1. The summed E-state index contributed by atoms with van der Waals surface area (Å²) in [7, 11) is 4.84. The minimum Gasteiger partial charge on any atom is -0.497 e. The molecule has 1 N–H and O–H groups in total. The Morgan fingerprint density at radius 1 is 1.07 bits per heavy atom. The summed E-state index contributed by atoms with van der Waals surface area (Å²) in [6.45, 7) is 0.564. The van der Waals surface area contributed by atoms with Gasteiger partial charge in [-0.3, -0.25) is 4.68 Å². The fraction of sp³-hybridized carbons (Fsp3) is 0.174. The molecule has 4 aromatic rings. The van der Waals surface area contributed by atoms with Crippen LogP contribution in [0.2, 0.25) is 0 Å². The zero-order valence-corrected chi connectivity index (χ0v) is 17.0. The van der Waals surface area contributed by atoms with Crippen molar-refractivity contribution in [2.24, 2.45) is 0 Å². The summed E-state index contributed by atoms with van der Waals surface area (Å²) >= 11 is 0. The summed E-state index contributed by atoms with van der Waals surface area (Å²) < 4.78 is 12.1. The smallest absolute Gasteiger partial charge is 0.338 e. The monoisotopic (exact) mass is 402 g/mol. The Bertz CT molecular complexity index is 1200. The molecule has 2 aromatic carbocycles. The molecule has 0 radical (unpaired) electrons. The highest BCUT2D eigenvalue weighted by Crippen LogP contribution is 2.34. The summed E-state index contributed by atoms with van der Waals surface area (Å²) in [5.41, 5.74) is 3.84. The lowest BCUT2D eigenvalue weighted by molar-refractivity contribution is 0.0601. The third kappa shape index (κ3) is 3.45. The Balaban J connectivity index is 1.90. The van der Waals surface area contributed by atoms with Gasteiger partial charge in [-0.1, -0.05) is 30.3 Å². The average molecular weight is 402 g/mol. The average Bonchev–Trinajstić information content (AvgIpc) is 3.17. The van der Waals surface area contributed by atoms with Crippen LogP contribution >= 0.6 is 0 Å². The zero-order valence-electron chi connectivity index (χ0n) is 17.0. The van der Waals surface area contributed by atoms with E-state index < -0.39 is 5.97 Å². The molecule has 152 valence electrons. The van der Waals surface area contributed by atoms with Crippen molar-refractivity contribution in [2.45, 2.75) is 6.54 Å². The molecule has 0 aliphatic rings. The van der Waals surface area contributed by atoms with Crippen LogP contribution in [0.3, 0.4) is 0 Å². The van der Waals surface area contributed by atoms with Crippen molar-refractivity contribution in [3.8, 4) is 17.0 Å². The molecule has 0 saturated heterocycles. The summed E-state index contributed by atoms with van der Waals surface area (Å²) in [4.78, 5) is 16.8. The number of aromatic nitrogens is 3. The van der Waals surface area contributed by atoms with Gasteiger partial charge in [0.25, 0.3) is 0 Å². The first kappa shape index (κ1) is 19.4. The SMILES string of the molecule is CNc1nccc2c1c(-c1ccccc1C(=O)OC)nn2Cc1ccc(OC)cc1. The molecule has 0 bridgehead atoms. The highest BCUT2D eigenvalue weighted by Gasteiger charge is 2.21. The first-order chi connectivity index (χ1) is 14.7. The molecule has 2 heterocycles. The van der Waals surface area contributed by atoms with E-state index in [1.807, 2.05) is 60.3 Å². The van der Waals surface area contributed by atoms with Gasteiger partial charge < -0.3 is 14.8 Å². The van der Waals surface area contributed by atoms with Crippen LogP contribution in [0.25, 0.3) is 22.2 Å². The van der Waals surface area contributed by atoms with Crippen molar-refractivity contribution in [1.29, 1.82) is 0 Å². The first-order valence-corrected chi connectivity index (χ1v) is 9.50. The van der Waals surface area contributed by atoms with E-state index in [0.29, 0.717) is 29.2 Å². The number of methoxy groups -OCH3 is 2. The third-order valence-corrected chi connectivity index (χ3v) is 4.98. The molecule has 0 spiro atoms. The number of benzene rings is 2. The van der Waals surface area contributed by atoms with Crippen LogP contribution in [-0.4, -0.2) is 42.0 Å². The molecular formula is C23H22N4O3. The predicted molar refractivity (Wildman–Crippen MR) is 116 cm³/mol. The molecule has 0 atom stereocenters. The van der Waals surface area contributed by atoms with Gasteiger partial charge in [-0.15, -0.1) is 0 Å². The number of nitrogens with zero attached hydrogens (tertiary/aromatic N) is 3. The van der Waals surface area contributed by atoms with E-state index in [-0.39, 0.29) is 0 Å². The van der Waals surface area contributed by atoms with Gasteiger partial charge in [0.2, 0.25) is 0 Å². The van der Waals surface area contributed by atoms with E-state index in [0.717, 1.165) is 22.2 Å². The van der Waals surface area contributed by atoms with E-state index in [2.05, 4.69) is 10.3 Å². The van der Waals surface area contributed by atoms with Crippen LogP contribution in [0, 0.1) is 0 Å². The van der Waals surface area contributed by atoms with Crippen LogP contribution in [0.5, 0.6) is 5.75 Å². The van der Waals surface area contributed by atoms with Crippen LogP contribution in [-0.2, 0) is 11.3 Å². The second-order valence-electron chi connectivity index (χ2n) is 6.70. The molecule has 30 heavy (non-hydrogen) atoms. The van der Waals surface area contributed by atoms with E-state index in [1.54, 1.807) is 19.4 Å². The van der Waals surface area contributed by atoms with Gasteiger partial charge in [0, 0.05) is 18.8 Å². The van der Waals surface area contributed by atoms with E-state index in [9.17, 15) is 4.79 Å². The molecule has 2 aromatic heterocycles. The fourth-order valence-electron chi connectivity index (χ4n) is 3.50. The number of fused-ring (bicyclic) bond motifs is 1. The van der Waals surface area contributed by atoms with Crippen molar-refractivity contribution in [3.05, 3.63) is 71.9 Å². The highest BCUT2D eigenvalue weighted by molar-refractivity contribution is 6.06. The van der Waals surface area contributed by atoms with E-state index in [4.69, 9.17) is 14.6 Å². The number of hydrogen-bond acceptors (Lipinski definition) is 6. The van der Waals surface area contributed by atoms with Crippen LogP contribution in [0.15, 0.2) is 60.8 Å². The number of anilines is 1. The number of carbonyl (C=O) groups is 1. The Morgan fingerprint density at radius 2 is 1.83 bits per heavy atom. The van der Waals surface area contributed by atoms with Crippen molar-refractivity contribution in [2.75, 3.05) is 26.6 Å². The lowest BCUT2D eigenvalue weighted by atomic mass is 10.0. The molecule has 7 heteroatoms. The third-order valence-electron chi connectivity index (χ3n) is 4.98. The number of ether oxygens (including phenoxy) is 2. The van der Waals surface area contributed by atoms with Crippen molar-refractivity contribution >= 4 is 22.7 Å². The molecule has 7 nitrogen and oxygen atoms in total. The van der Waals surface area contributed by atoms with Crippen molar-refractivity contribution in [1.82, 2.24) is 14.8 Å². The predicted octanol–water partition coefficient (Wildman–Crippen LogP) is 3.98. The maximum atomic E-state index is 12.4. The second-order valence-corrected chi connectivity index (χ2v) is 6.70. The summed E-state index contributed by atoms with van der Waals surface area (Å²) in [5.74, 6) is 1.10. The largest absolute Gasteiger partial charge is 0.497 e. The van der Waals surface area contributed by atoms with Crippen molar-refractivity contribution < 1.29 is 14.3 Å². The van der Waals surface area contributed by atoms with Gasteiger partial charge in [0.15, 0.2) is 0 Å². The van der Waals surface area contributed by atoms with Gasteiger partial charge in [-0.2, -0.15) is 5.10 Å². The highest BCUT2D eigenvalue weighted by atomic mass is 16.5. The van der Waals surface area contributed by atoms with Gasteiger partial charge >= 0.3 is 5.97 Å². The minimum atomic E-state index is -0.404. The molecular weight excluding hydrogens is 380 g/mol. The summed E-state index contributed by atoms with van der Waals surface area (Å²) in [5, 5.41) is 8.87. The normalized spacial score (nSPS) is 10.8. The molecule has 0 aliphatic heterocycles. The van der Waals surface area contributed by atoms with Gasteiger partial charge in [0.1, 0.15) is 17.3 Å². The lowest BCUT2D eigenvalue weighted by Gasteiger charge is -2.07. The van der Waals surface area contributed by atoms with E-state index in [1.165, 1.54) is 7.11 Å². The van der Waals surface area contributed by atoms with Gasteiger partial charge in [0.05, 0.1) is 37.2 Å². The fourth-order valence-corrected chi connectivity index (χ4v) is 3.50. The Hall–Kier alpha value is -3.87. The Labute approximate surface area is 174 Å². The molecule has 0 amide bonds. The lowest BCUT2D eigenvalue weighted by Crippen LogP contribution is -2.04. The molecule has 0 fully saturated rings. The number of hydrogen-bond donors (Lipinski definition) is 1. The molecule has 4 rings (SSSR count). The van der Waals surface area contributed by atoms with Crippen LogP contribution < -0.4 is 10.1 Å². The number of carbonyl (C=O) groups excluding carboxylic acids is 1. The minimum absolute atomic E-state index is 0.404. The topological polar surface area (TPSA) is 78.3 Å². The van der Waals surface area contributed by atoms with E-state index >= 15 is 0 Å². The second kappa shape index (κ2) is 8.24. The molecule has 0 saturated carbocycles. The standard InChI is InChI=1S/C23H22N4O3/c1-24-22-20-19(12-13-25-22)27(14-15-8-10-16(29-2)11-9-15)26-21(20)17-6-4-5-7-18(17)23(28)30-3/h4-13H,14H2,1-3H3,(H,24,25). The summed E-state index contributed by atoms with van der Waals surface area (Å²) in [6.07, 6.45) is 1.75. The maximum absolute atomic E-state index is 12.4. The molecule has 0 unspecified atom stereocenters. The quantitative estimate of drug-likeness (QED) is 0.492. The first-order valence-electron chi connectivity index (χ1n) is 9.50. The van der Waals surface area contributed by atoms with Crippen molar-refractivity contribution in [3.63, 3.8) is 0 Å². The van der Waals surface area contributed by atoms with Gasteiger partial charge in [-0.05, 0) is 29.8 Å². The summed E-state index contributed by atoms with van der Waals surface area (Å²) in [6, 6.07) is 17.1. The Morgan fingerprint density at radius 3 is 2.53 bits per heavy atom. The Kier molecular flexibility index (Phi) is 5.34. The van der Waals surface area contributed by atoms with Crippen LogP contribution in [0.1, 0.15) is 15.9 Å². The molecule has 0 aliphatic carbocycles. The van der Waals surface area contributed by atoms with Crippen LogP contribution in [0.4, 0.5) is 5.82 Å². The number of esters is 1. The zero-order chi connectivity index (χ0) is 21.1. The number of rotatable bonds is 6. The number of pyridine rings is 1. The maximum Gasteiger partial charge on any atom is 0.338 e.